The van der Waals surface area contributed by atoms with Crippen molar-refractivity contribution in [3.05, 3.63) is 24.2 Å². The van der Waals surface area contributed by atoms with Crippen LogP contribution in [0.15, 0.2) is 22.8 Å². The molecule has 0 saturated carbocycles. The minimum Gasteiger partial charge on any atom is -0.468 e. The Kier molecular flexibility index (Phi) is 5.57. The standard InChI is InChI=1S/C14H23NO4/c1-10(8-13(17)19-14(2,3)4)15-11(9-16)12-6-5-7-18-12/h5-7,10-11,15-16H,8-9H2,1-4H3. The zero-order valence-corrected chi connectivity index (χ0v) is 12.0. The smallest absolute Gasteiger partial charge is 0.307 e. The largest absolute Gasteiger partial charge is 0.468 e. The fourth-order valence-electron chi connectivity index (χ4n) is 1.75. The maximum atomic E-state index is 11.7. The normalized spacial score (nSPS) is 15.0. The second-order valence-corrected chi connectivity index (χ2v) is 5.61. The monoisotopic (exact) mass is 269 g/mol. The van der Waals surface area contributed by atoms with Crippen LogP contribution in [0.2, 0.25) is 0 Å². The number of hydrogen-bond acceptors (Lipinski definition) is 5. The summed E-state index contributed by atoms with van der Waals surface area (Å²) in [6.45, 7) is 7.29. The van der Waals surface area contributed by atoms with Gasteiger partial charge in [0.2, 0.25) is 0 Å². The molecule has 0 aliphatic heterocycles. The van der Waals surface area contributed by atoms with Crippen molar-refractivity contribution >= 4 is 5.97 Å². The lowest BCUT2D eigenvalue weighted by Crippen LogP contribution is -2.35. The van der Waals surface area contributed by atoms with Gasteiger partial charge in [-0.25, -0.2) is 0 Å². The molecule has 5 nitrogen and oxygen atoms in total. The molecule has 1 heterocycles. The number of aliphatic hydroxyl groups is 1. The van der Waals surface area contributed by atoms with E-state index in [0.717, 1.165) is 0 Å². The van der Waals surface area contributed by atoms with Gasteiger partial charge in [0.05, 0.1) is 25.3 Å². The van der Waals surface area contributed by atoms with Gasteiger partial charge in [-0.15, -0.1) is 0 Å². The van der Waals surface area contributed by atoms with Crippen LogP contribution in [0, 0.1) is 0 Å². The SMILES string of the molecule is CC(CC(=O)OC(C)(C)C)NC(CO)c1ccco1. The number of rotatable bonds is 6. The molecule has 1 aromatic heterocycles. The summed E-state index contributed by atoms with van der Waals surface area (Å²) in [5.74, 6) is 0.391. The van der Waals surface area contributed by atoms with Gasteiger partial charge in [-0.2, -0.15) is 0 Å². The van der Waals surface area contributed by atoms with Gasteiger partial charge < -0.3 is 19.6 Å². The van der Waals surface area contributed by atoms with Crippen LogP contribution in [0.5, 0.6) is 0 Å². The van der Waals surface area contributed by atoms with E-state index in [1.54, 1.807) is 18.4 Å². The van der Waals surface area contributed by atoms with E-state index < -0.39 is 5.60 Å². The van der Waals surface area contributed by atoms with E-state index >= 15 is 0 Å². The van der Waals surface area contributed by atoms with Gasteiger partial charge in [0.25, 0.3) is 0 Å². The Morgan fingerprint density at radius 2 is 2.21 bits per heavy atom. The molecule has 1 rings (SSSR count). The highest BCUT2D eigenvalue weighted by atomic mass is 16.6. The number of furan rings is 1. The summed E-state index contributed by atoms with van der Waals surface area (Å²) in [6, 6.07) is 3.12. The van der Waals surface area contributed by atoms with E-state index in [-0.39, 0.29) is 31.1 Å². The van der Waals surface area contributed by atoms with Crippen molar-refractivity contribution in [3.63, 3.8) is 0 Å². The van der Waals surface area contributed by atoms with E-state index in [9.17, 15) is 9.90 Å². The second kappa shape index (κ2) is 6.73. The highest BCUT2D eigenvalue weighted by molar-refractivity contribution is 5.70. The van der Waals surface area contributed by atoms with Crippen molar-refractivity contribution in [2.45, 2.75) is 51.8 Å². The first-order valence-electron chi connectivity index (χ1n) is 6.44. The fraction of sp³-hybridized carbons (Fsp3) is 0.643. The predicted molar refractivity (Wildman–Crippen MR) is 71.6 cm³/mol. The Balaban J connectivity index is 2.46. The average molecular weight is 269 g/mol. The van der Waals surface area contributed by atoms with E-state index in [4.69, 9.17) is 9.15 Å². The fourth-order valence-corrected chi connectivity index (χ4v) is 1.75. The van der Waals surface area contributed by atoms with Gasteiger partial charge in [0, 0.05) is 6.04 Å². The van der Waals surface area contributed by atoms with Crippen LogP contribution in [-0.4, -0.2) is 29.3 Å². The highest BCUT2D eigenvalue weighted by Gasteiger charge is 2.21. The highest BCUT2D eigenvalue weighted by Crippen LogP contribution is 2.15. The molecule has 0 fully saturated rings. The number of esters is 1. The third kappa shape index (κ3) is 5.89. The summed E-state index contributed by atoms with van der Waals surface area (Å²) >= 11 is 0. The van der Waals surface area contributed by atoms with Crippen LogP contribution in [-0.2, 0) is 9.53 Å². The predicted octanol–water partition coefficient (Wildman–Crippen LogP) is 2.02. The summed E-state index contributed by atoms with van der Waals surface area (Å²) < 4.78 is 10.5. The molecule has 0 radical (unpaired) electrons. The third-order valence-electron chi connectivity index (χ3n) is 2.45. The maximum absolute atomic E-state index is 11.7. The van der Waals surface area contributed by atoms with Gasteiger partial charge in [-0.3, -0.25) is 4.79 Å². The van der Waals surface area contributed by atoms with E-state index in [0.29, 0.717) is 5.76 Å². The van der Waals surface area contributed by atoms with Gasteiger partial charge >= 0.3 is 5.97 Å². The Morgan fingerprint density at radius 1 is 1.53 bits per heavy atom. The quantitative estimate of drug-likeness (QED) is 0.773. The lowest BCUT2D eigenvalue weighted by atomic mass is 10.1. The van der Waals surface area contributed by atoms with Gasteiger partial charge in [-0.1, -0.05) is 0 Å². The van der Waals surface area contributed by atoms with E-state index in [1.807, 2.05) is 27.7 Å². The second-order valence-electron chi connectivity index (χ2n) is 5.61. The summed E-state index contributed by atoms with van der Waals surface area (Å²) in [6.07, 6.45) is 1.80. The third-order valence-corrected chi connectivity index (χ3v) is 2.45. The van der Waals surface area contributed by atoms with Crippen LogP contribution >= 0.6 is 0 Å². The van der Waals surface area contributed by atoms with Crippen LogP contribution in [0.25, 0.3) is 0 Å². The number of nitrogens with one attached hydrogen (secondary N) is 1. The minimum absolute atomic E-state index is 0.0911. The molecule has 19 heavy (non-hydrogen) atoms. The summed E-state index contributed by atoms with van der Waals surface area (Å²) in [5.41, 5.74) is -0.478. The zero-order chi connectivity index (χ0) is 14.5. The number of carbonyl (C=O) groups is 1. The molecule has 0 spiro atoms. The first-order valence-corrected chi connectivity index (χ1v) is 6.44. The lowest BCUT2D eigenvalue weighted by molar-refractivity contribution is -0.155. The molecular formula is C14H23NO4. The van der Waals surface area contributed by atoms with Crippen molar-refractivity contribution in [2.75, 3.05) is 6.61 Å². The maximum Gasteiger partial charge on any atom is 0.307 e. The molecule has 108 valence electrons. The Morgan fingerprint density at radius 3 is 2.68 bits per heavy atom. The van der Waals surface area contributed by atoms with Gasteiger partial charge in [0.1, 0.15) is 11.4 Å². The van der Waals surface area contributed by atoms with Crippen molar-refractivity contribution in [3.8, 4) is 0 Å². The number of ether oxygens (including phenoxy) is 1. The average Bonchev–Trinajstić information content (AvgIpc) is 2.75. The van der Waals surface area contributed by atoms with Gasteiger partial charge in [-0.05, 0) is 39.8 Å². The Hall–Kier alpha value is -1.33. The summed E-state index contributed by atoms with van der Waals surface area (Å²) in [4.78, 5) is 11.7. The minimum atomic E-state index is -0.478. The molecular weight excluding hydrogens is 246 g/mol. The van der Waals surface area contributed by atoms with E-state index in [1.165, 1.54) is 0 Å². The number of aliphatic hydroxyl groups excluding tert-OH is 1. The molecule has 0 aliphatic carbocycles. The first kappa shape index (κ1) is 15.7. The molecule has 0 aliphatic rings. The molecule has 2 atom stereocenters. The topological polar surface area (TPSA) is 71.7 Å². The van der Waals surface area contributed by atoms with E-state index in [2.05, 4.69) is 5.32 Å². The molecule has 1 aromatic rings. The van der Waals surface area contributed by atoms with Crippen molar-refractivity contribution < 1.29 is 19.1 Å². The first-order chi connectivity index (χ1) is 8.81. The Bertz CT molecular complexity index is 381. The molecule has 0 amide bonds. The summed E-state index contributed by atoms with van der Waals surface area (Å²) in [7, 11) is 0. The molecule has 0 saturated heterocycles. The number of hydrogen-bond donors (Lipinski definition) is 2. The zero-order valence-electron chi connectivity index (χ0n) is 12.0. The molecule has 2 N–H and O–H groups in total. The van der Waals surface area contributed by atoms with Crippen LogP contribution < -0.4 is 5.32 Å². The van der Waals surface area contributed by atoms with Crippen molar-refractivity contribution in [1.82, 2.24) is 5.32 Å². The van der Waals surface area contributed by atoms with Crippen molar-refractivity contribution in [1.29, 1.82) is 0 Å². The van der Waals surface area contributed by atoms with Crippen molar-refractivity contribution in [2.24, 2.45) is 0 Å². The van der Waals surface area contributed by atoms with Crippen LogP contribution in [0.3, 0.4) is 0 Å². The molecule has 5 heteroatoms. The Labute approximate surface area is 113 Å². The number of carbonyl (C=O) groups excluding carboxylic acids is 1. The molecule has 0 aromatic carbocycles. The summed E-state index contributed by atoms with van der Waals surface area (Å²) in [5, 5.41) is 12.5. The van der Waals surface area contributed by atoms with Gasteiger partial charge in [0.15, 0.2) is 0 Å². The molecule has 0 bridgehead atoms. The lowest BCUT2D eigenvalue weighted by Gasteiger charge is -2.23. The molecule has 2 unspecified atom stereocenters. The van der Waals surface area contributed by atoms with Crippen LogP contribution in [0.4, 0.5) is 0 Å². The van der Waals surface area contributed by atoms with Crippen LogP contribution in [0.1, 0.15) is 45.9 Å².